The van der Waals surface area contributed by atoms with Crippen LogP contribution in [0.3, 0.4) is 0 Å². The van der Waals surface area contributed by atoms with E-state index in [4.69, 9.17) is 4.74 Å². The number of methoxy groups -OCH3 is 1. The van der Waals surface area contributed by atoms with Gasteiger partial charge in [-0.25, -0.2) is 4.68 Å². The van der Waals surface area contributed by atoms with Crippen molar-refractivity contribution in [1.82, 2.24) is 20.3 Å². The average molecular weight is 407 g/mol. The lowest BCUT2D eigenvalue weighted by atomic mass is 10.1. The van der Waals surface area contributed by atoms with Crippen molar-refractivity contribution in [2.45, 2.75) is 33.2 Å². The highest BCUT2D eigenvalue weighted by molar-refractivity contribution is 6.03. The maximum Gasteiger partial charge on any atom is 0.278 e. The summed E-state index contributed by atoms with van der Waals surface area (Å²) < 4.78 is 6.83. The molecule has 0 aliphatic heterocycles. The van der Waals surface area contributed by atoms with E-state index in [1.807, 2.05) is 50.2 Å². The van der Waals surface area contributed by atoms with Crippen LogP contribution in [-0.2, 0) is 11.2 Å². The molecule has 0 radical (unpaired) electrons. The summed E-state index contributed by atoms with van der Waals surface area (Å²) in [4.78, 5) is 24.5. The molecule has 0 bridgehead atoms. The second kappa shape index (κ2) is 9.21. The molecule has 8 heteroatoms. The maximum atomic E-state index is 12.7. The first-order chi connectivity index (χ1) is 14.4. The number of amides is 2. The van der Waals surface area contributed by atoms with Crippen molar-refractivity contribution in [2.75, 3.05) is 12.4 Å². The predicted octanol–water partition coefficient (Wildman–Crippen LogP) is 2.90. The summed E-state index contributed by atoms with van der Waals surface area (Å²) in [6, 6.07) is 14.6. The molecule has 0 aliphatic rings. The van der Waals surface area contributed by atoms with Crippen LogP contribution in [-0.4, -0.2) is 40.0 Å². The van der Waals surface area contributed by atoms with E-state index < -0.39 is 0 Å². The zero-order chi connectivity index (χ0) is 21.7. The Bertz CT molecular complexity index is 1040. The second-order valence-corrected chi connectivity index (χ2v) is 7.19. The summed E-state index contributed by atoms with van der Waals surface area (Å²) in [5, 5.41) is 13.8. The molecule has 1 aromatic heterocycles. The van der Waals surface area contributed by atoms with Gasteiger partial charge in [0, 0.05) is 17.8 Å². The van der Waals surface area contributed by atoms with E-state index in [1.54, 1.807) is 30.8 Å². The van der Waals surface area contributed by atoms with Crippen molar-refractivity contribution in [3.05, 3.63) is 65.5 Å². The van der Waals surface area contributed by atoms with Gasteiger partial charge in [-0.1, -0.05) is 23.4 Å². The van der Waals surface area contributed by atoms with E-state index in [2.05, 4.69) is 20.9 Å². The molecule has 0 spiro atoms. The summed E-state index contributed by atoms with van der Waals surface area (Å²) >= 11 is 0. The van der Waals surface area contributed by atoms with Gasteiger partial charge in [-0.05, 0) is 50.6 Å². The summed E-state index contributed by atoms with van der Waals surface area (Å²) in [5.41, 5.74) is 3.08. The number of carbonyl (C=O) groups is 2. The minimum Gasteiger partial charge on any atom is -0.497 e. The average Bonchev–Trinajstić information content (AvgIpc) is 3.10. The van der Waals surface area contributed by atoms with Gasteiger partial charge < -0.3 is 15.4 Å². The van der Waals surface area contributed by atoms with Gasteiger partial charge in [-0.3, -0.25) is 9.59 Å². The molecule has 0 aliphatic carbocycles. The van der Waals surface area contributed by atoms with Gasteiger partial charge in [0.25, 0.3) is 5.91 Å². The number of rotatable bonds is 7. The molecule has 156 valence electrons. The normalized spacial score (nSPS) is 10.7. The molecule has 3 aromatic rings. The Balaban J connectivity index is 1.69. The van der Waals surface area contributed by atoms with Gasteiger partial charge in [0.1, 0.15) is 5.75 Å². The molecular formula is C22H25N5O3. The van der Waals surface area contributed by atoms with E-state index in [0.29, 0.717) is 23.6 Å². The van der Waals surface area contributed by atoms with Gasteiger partial charge in [0.05, 0.1) is 24.9 Å². The zero-order valence-corrected chi connectivity index (χ0v) is 17.5. The van der Waals surface area contributed by atoms with Gasteiger partial charge in [0.2, 0.25) is 5.91 Å². The van der Waals surface area contributed by atoms with E-state index >= 15 is 0 Å². The molecule has 2 N–H and O–H groups in total. The number of anilines is 1. The minimum atomic E-state index is -0.355. The summed E-state index contributed by atoms with van der Waals surface area (Å²) in [5.74, 6) is 0.300. The molecule has 1 heterocycles. The Morgan fingerprint density at radius 2 is 1.87 bits per heavy atom. The highest BCUT2D eigenvalue weighted by atomic mass is 16.5. The fraction of sp³-hybridized carbons (Fsp3) is 0.273. The lowest BCUT2D eigenvalue weighted by Crippen LogP contribution is -2.31. The first-order valence-corrected chi connectivity index (χ1v) is 9.63. The Kier molecular flexibility index (Phi) is 6.46. The standard InChI is InChI=1S/C22H25N5O3/c1-14(2)23-20(28)12-16-8-10-17(11-9-16)24-22(29)21-15(3)27(26-25-21)18-6-5-7-19(13-18)30-4/h5-11,13-14H,12H2,1-4H3,(H,23,28)(H,24,29). The van der Waals surface area contributed by atoms with E-state index in [9.17, 15) is 9.59 Å². The number of aromatic nitrogens is 3. The molecule has 0 saturated carbocycles. The summed E-state index contributed by atoms with van der Waals surface area (Å²) in [7, 11) is 1.59. The van der Waals surface area contributed by atoms with Gasteiger partial charge >= 0.3 is 0 Å². The number of hydrogen-bond acceptors (Lipinski definition) is 5. The number of benzene rings is 2. The maximum absolute atomic E-state index is 12.7. The molecular weight excluding hydrogens is 382 g/mol. The van der Waals surface area contributed by atoms with Crippen LogP contribution in [0.15, 0.2) is 48.5 Å². The second-order valence-electron chi connectivity index (χ2n) is 7.19. The Morgan fingerprint density at radius 1 is 1.13 bits per heavy atom. The van der Waals surface area contributed by atoms with Crippen molar-refractivity contribution in [3.63, 3.8) is 0 Å². The number of carbonyl (C=O) groups excluding carboxylic acids is 2. The number of nitrogens with one attached hydrogen (secondary N) is 2. The third kappa shape index (κ3) is 5.02. The Labute approximate surface area is 175 Å². The van der Waals surface area contributed by atoms with Gasteiger partial charge in [0.15, 0.2) is 5.69 Å². The number of hydrogen-bond donors (Lipinski definition) is 2. The highest BCUT2D eigenvalue weighted by Gasteiger charge is 2.18. The first kappa shape index (κ1) is 21.0. The summed E-state index contributed by atoms with van der Waals surface area (Å²) in [6.45, 7) is 5.62. The van der Waals surface area contributed by atoms with Crippen LogP contribution >= 0.6 is 0 Å². The molecule has 30 heavy (non-hydrogen) atoms. The van der Waals surface area contributed by atoms with Crippen LogP contribution < -0.4 is 15.4 Å². The minimum absolute atomic E-state index is 0.0356. The fourth-order valence-electron chi connectivity index (χ4n) is 2.98. The molecule has 2 amide bonds. The van der Waals surface area contributed by atoms with Crippen LogP contribution in [0.4, 0.5) is 5.69 Å². The highest BCUT2D eigenvalue weighted by Crippen LogP contribution is 2.19. The largest absolute Gasteiger partial charge is 0.497 e. The molecule has 2 aromatic carbocycles. The molecule has 0 atom stereocenters. The van der Waals surface area contributed by atoms with E-state index in [0.717, 1.165) is 11.3 Å². The van der Waals surface area contributed by atoms with Crippen molar-refractivity contribution in [2.24, 2.45) is 0 Å². The zero-order valence-electron chi connectivity index (χ0n) is 17.5. The topological polar surface area (TPSA) is 98.1 Å². The van der Waals surface area contributed by atoms with Gasteiger partial charge in [-0.2, -0.15) is 0 Å². The van der Waals surface area contributed by atoms with Crippen molar-refractivity contribution < 1.29 is 14.3 Å². The van der Waals surface area contributed by atoms with Crippen molar-refractivity contribution >= 4 is 17.5 Å². The lowest BCUT2D eigenvalue weighted by molar-refractivity contribution is -0.120. The van der Waals surface area contributed by atoms with Crippen LogP contribution in [0.1, 0.15) is 35.6 Å². The monoisotopic (exact) mass is 407 g/mol. The SMILES string of the molecule is COc1cccc(-n2nnc(C(=O)Nc3ccc(CC(=O)NC(C)C)cc3)c2C)c1. The number of nitrogens with zero attached hydrogens (tertiary/aromatic N) is 3. The smallest absolute Gasteiger partial charge is 0.278 e. The van der Waals surface area contributed by atoms with Crippen molar-refractivity contribution in [1.29, 1.82) is 0 Å². The quantitative estimate of drug-likeness (QED) is 0.628. The van der Waals surface area contributed by atoms with Gasteiger partial charge in [-0.15, -0.1) is 5.10 Å². The van der Waals surface area contributed by atoms with Crippen LogP contribution in [0.25, 0.3) is 5.69 Å². The number of ether oxygens (including phenoxy) is 1. The first-order valence-electron chi connectivity index (χ1n) is 9.63. The molecule has 8 nitrogen and oxygen atoms in total. The Morgan fingerprint density at radius 3 is 2.53 bits per heavy atom. The molecule has 0 fully saturated rings. The fourth-order valence-corrected chi connectivity index (χ4v) is 2.98. The van der Waals surface area contributed by atoms with Crippen molar-refractivity contribution in [3.8, 4) is 11.4 Å². The molecule has 0 saturated heterocycles. The Hall–Kier alpha value is -3.68. The van der Waals surface area contributed by atoms with Crippen LogP contribution in [0, 0.1) is 6.92 Å². The third-order valence-electron chi connectivity index (χ3n) is 4.43. The molecule has 3 rings (SSSR count). The molecule has 0 unspecified atom stereocenters. The van der Waals surface area contributed by atoms with Crippen LogP contribution in [0.2, 0.25) is 0 Å². The third-order valence-corrected chi connectivity index (χ3v) is 4.43. The predicted molar refractivity (Wildman–Crippen MR) is 114 cm³/mol. The van der Waals surface area contributed by atoms with E-state index in [-0.39, 0.29) is 23.6 Å². The van der Waals surface area contributed by atoms with Crippen LogP contribution in [0.5, 0.6) is 5.75 Å². The van der Waals surface area contributed by atoms with E-state index in [1.165, 1.54) is 0 Å². The lowest BCUT2D eigenvalue weighted by Gasteiger charge is -2.09. The summed E-state index contributed by atoms with van der Waals surface area (Å²) in [6.07, 6.45) is 0.292.